The van der Waals surface area contributed by atoms with Gasteiger partial charge in [0.1, 0.15) is 11.6 Å². The van der Waals surface area contributed by atoms with Crippen molar-refractivity contribution < 1.29 is 4.74 Å². The first-order chi connectivity index (χ1) is 15.0. The van der Waals surface area contributed by atoms with Crippen molar-refractivity contribution in [2.24, 2.45) is 0 Å². The quantitative estimate of drug-likeness (QED) is 0.587. The van der Waals surface area contributed by atoms with E-state index in [1.807, 2.05) is 52.8 Å². The van der Waals surface area contributed by atoms with Gasteiger partial charge in [-0.25, -0.2) is 9.67 Å². The van der Waals surface area contributed by atoms with Crippen molar-refractivity contribution in [3.05, 3.63) is 70.3 Å². The summed E-state index contributed by atoms with van der Waals surface area (Å²) < 4.78 is 9.09. The molecule has 0 aliphatic carbocycles. The van der Waals surface area contributed by atoms with Crippen molar-refractivity contribution in [2.75, 3.05) is 44.7 Å². The Bertz CT molecular complexity index is 1060. The van der Waals surface area contributed by atoms with Crippen LogP contribution in [0.25, 0.3) is 5.69 Å². The first kappa shape index (κ1) is 21.2. The highest BCUT2D eigenvalue weighted by molar-refractivity contribution is 5.41. The zero-order chi connectivity index (χ0) is 21.8. The maximum absolute atomic E-state index is 12.6. The smallest absolute Gasteiger partial charge is 0.267 e. The molecule has 7 nitrogen and oxygen atoms in total. The van der Waals surface area contributed by atoms with E-state index in [2.05, 4.69) is 27.8 Å². The lowest BCUT2D eigenvalue weighted by molar-refractivity contribution is 0.247. The van der Waals surface area contributed by atoms with E-state index < -0.39 is 0 Å². The van der Waals surface area contributed by atoms with Crippen molar-refractivity contribution in [1.82, 2.24) is 19.2 Å². The Balaban J connectivity index is 1.35. The fourth-order valence-corrected chi connectivity index (χ4v) is 4.22. The molecule has 0 atom stereocenters. The summed E-state index contributed by atoms with van der Waals surface area (Å²) in [7, 11) is 1.66. The molecule has 1 aliphatic rings. The number of aromatic nitrogens is 3. The van der Waals surface area contributed by atoms with Crippen LogP contribution in [0.15, 0.2) is 53.5 Å². The van der Waals surface area contributed by atoms with Crippen molar-refractivity contribution in [3.63, 3.8) is 0 Å². The third kappa shape index (κ3) is 4.82. The largest absolute Gasteiger partial charge is 0.497 e. The van der Waals surface area contributed by atoms with E-state index in [9.17, 15) is 4.79 Å². The molecule has 1 fully saturated rings. The zero-order valence-electron chi connectivity index (χ0n) is 18.6. The summed E-state index contributed by atoms with van der Waals surface area (Å²) >= 11 is 0. The normalized spacial score (nSPS) is 14.7. The van der Waals surface area contributed by atoms with Gasteiger partial charge in [-0.2, -0.15) is 0 Å². The number of rotatable bonds is 7. The molecule has 3 heterocycles. The lowest BCUT2D eigenvalue weighted by Gasteiger charge is -2.35. The van der Waals surface area contributed by atoms with Crippen LogP contribution in [-0.2, 0) is 6.54 Å². The number of pyridine rings is 1. The van der Waals surface area contributed by atoms with Gasteiger partial charge < -0.3 is 9.64 Å². The second-order valence-electron chi connectivity index (χ2n) is 8.13. The lowest BCUT2D eigenvalue weighted by Crippen LogP contribution is -2.47. The van der Waals surface area contributed by atoms with Gasteiger partial charge >= 0.3 is 0 Å². The van der Waals surface area contributed by atoms with Crippen molar-refractivity contribution >= 4 is 5.82 Å². The third-order valence-electron chi connectivity index (χ3n) is 5.92. The van der Waals surface area contributed by atoms with Gasteiger partial charge in [0.05, 0.1) is 12.8 Å². The van der Waals surface area contributed by atoms with Gasteiger partial charge in [-0.1, -0.05) is 0 Å². The minimum absolute atomic E-state index is 0.0451. The molecule has 4 rings (SSSR count). The molecule has 2 aromatic heterocycles. The summed E-state index contributed by atoms with van der Waals surface area (Å²) in [6.07, 6.45) is 2.82. The Labute approximate surface area is 183 Å². The fraction of sp³-hybridized carbons (Fsp3) is 0.417. The van der Waals surface area contributed by atoms with Crippen LogP contribution in [0.2, 0.25) is 0 Å². The predicted molar refractivity (Wildman–Crippen MR) is 124 cm³/mol. The Morgan fingerprint density at radius 3 is 2.39 bits per heavy atom. The fourth-order valence-electron chi connectivity index (χ4n) is 4.22. The van der Waals surface area contributed by atoms with E-state index in [0.29, 0.717) is 6.54 Å². The van der Waals surface area contributed by atoms with E-state index in [1.165, 1.54) is 5.56 Å². The Morgan fingerprint density at radius 1 is 0.968 bits per heavy atom. The first-order valence-corrected chi connectivity index (χ1v) is 10.9. The second kappa shape index (κ2) is 9.39. The predicted octanol–water partition coefficient (Wildman–Crippen LogP) is 2.87. The molecular formula is C24H31N5O2. The SMILES string of the molecule is COc1ccc(-n2c(C)cc(=O)n2CCCN2CCN(c3cc(C)ccn3)CC2)cc1. The zero-order valence-corrected chi connectivity index (χ0v) is 18.6. The number of ether oxygens (including phenoxy) is 1. The number of hydrogen-bond donors (Lipinski definition) is 0. The molecule has 1 aromatic carbocycles. The van der Waals surface area contributed by atoms with Gasteiger partial charge in [-0.05, 0) is 62.2 Å². The summed E-state index contributed by atoms with van der Waals surface area (Å²) in [5.74, 6) is 1.88. The van der Waals surface area contributed by atoms with Gasteiger partial charge in [0.15, 0.2) is 0 Å². The lowest BCUT2D eigenvalue weighted by atomic mass is 10.2. The van der Waals surface area contributed by atoms with Crippen molar-refractivity contribution in [1.29, 1.82) is 0 Å². The summed E-state index contributed by atoms with van der Waals surface area (Å²) in [6, 6.07) is 13.7. The van der Waals surface area contributed by atoms with Crippen LogP contribution in [-0.4, -0.2) is 59.1 Å². The minimum atomic E-state index is 0.0451. The third-order valence-corrected chi connectivity index (χ3v) is 5.92. The van der Waals surface area contributed by atoms with Gasteiger partial charge in [0, 0.05) is 57.2 Å². The molecule has 0 radical (unpaired) electrons. The highest BCUT2D eigenvalue weighted by atomic mass is 16.5. The number of hydrogen-bond acceptors (Lipinski definition) is 5. The van der Waals surface area contributed by atoms with Crippen LogP contribution in [0.5, 0.6) is 5.75 Å². The molecule has 31 heavy (non-hydrogen) atoms. The Morgan fingerprint density at radius 2 is 1.71 bits per heavy atom. The van der Waals surface area contributed by atoms with Crippen LogP contribution < -0.4 is 15.2 Å². The first-order valence-electron chi connectivity index (χ1n) is 10.9. The molecular weight excluding hydrogens is 390 g/mol. The second-order valence-corrected chi connectivity index (χ2v) is 8.13. The van der Waals surface area contributed by atoms with Gasteiger partial charge in [-0.3, -0.25) is 14.4 Å². The molecule has 0 unspecified atom stereocenters. The summed E-state index contributed by atoms with van der Waals surface area (Å²) in [5, 5.41) is 0. The van der Waals surface area contributed by atoms with Crippen LogP contribution in [0, 0.1) is 13.8 Å². The van der Waals surface area contributed by atoms with Gasteiger partial charge in [0.25, 0.3) is 5.56 Å². The Kier molecular flexibility index (Phi) is 6.42. The number of methoxy groups -OCH3 is 1. The average molecular weight is 422 g/mol. The summed E-state index contributed by atoms with van der Waals surface area (Å²) in [5.41, 5.74) is 3.20. The number of anilines is 1. The molecule has 0 N–H and O–H groups in total. The molecule has 7 heteroatoms. The van der Waals surface area contributed by atoms with E-state index in [0.717, 1.165) is 62.1 Å². The molecule has 0 bridgehead atoms. The summed E-state index contributed by atoms with van der Waals surface area (Å²) in [4.78, 5) is 21.9. The number of piperazine rings is 1. The van der Waals surface area contributed by atoms with E-state index >= 15 is 0 Å². The van der Waals surface area contributed by atoms with Crippen molar-refractivity contribution in [3.8, 4) is 11.4 Å². The molecule has 1 saturated heterocycles. The number of nitrogens with zero attached hydrogens (tertiary/aromatic N) is 5. The molecule has 0 amide bonds. The summed E-state index contributed by atoms with van der Waals surface area (Å²) in [6.45, 7) is 9.75. The molecule has 0 saturated carbocycles. The average Bonchev–Trinajstić information content (AvgIpc) is 3.07. The minimum Gasteiger partial charge on any atom is -0.497 e. The van der Waals surface area contributed by atoms with E-state index in [4.69, 9.17) is 4.74 Å². The number of aryl methyl sites for hydroxylation is 2. The van der Waals surface area contributed by atoms with E-state index in [1.54, 1.807) is 13.2 Å². The number of benzene rings is 1. The van der Waals surface area contributed by atoms with Crippen LogP contribution in [0.3, 0.4) is 0 Å². The monoisotopic (exact) mass is 421 g/mol. The molecule has 1 aliphatic heterocycles. The van der Waals surface area contributed by atoms with Crippen molar-refractivity contribution in [2.45, 2.75) is 26.8 Å². The van der Waals surface area contributed by atoms with E-state index in [-0.39, 0.29) is 5.56 Å². The molecule has 0 spiro atoms. The van der Waals surface area contributed by atoms with Crippen LogP contribution >= 0.6 is 0 Å². The van der Waals surface area contributed by atoms with Crippen LogP contribution in [0.4, 0.5) is 5.82 Å². The highest BCUT2D eigenvalue weighted by Crippen LogP contribution is 2.17. The topological polar surface area (TPSA) is 55.5 Å². The standard InChI is InChI=1S/C24H31N5O2/c1-19-9-10-25-23(17-19)27-15-13-26(14-16-27)11-4-12-28-24(30)18-20(2)29(28)21-5-7-22(31-3)8-6-21/h5-10,17-18H,4,11-16H2,1-3H3. The van der Waals surface area contributed by atoms with Gasteiger partial charge in [-0.15, -0.1) is 0 Å². The highest BCUT2D eigenvalue weighted by Gasteiger charge is 2.18. The maximum atomic E-state index is 12.6. The van der Waals surface area contributed by atoms with Crippen LogP contribution in [0.1, 0.15) is 17.7 Å². The van der Waals surface area contributed by atoms with Gasteiger partial charge in [0.2, 0.25) is 0 Å². The Hall–Kier alpha value is -3.06. The molecule has 164 valence electrons. The maximum Gasteiger partial charge on any atom is 0.267 e. The molecule has 3 aromatic rings.